The molecule has 0 spiro atoms. The summed E-state index contributed by atoms with van der Waals surface area (Å²) in [5, 5.41) is 26.2. The van der Waals surface area contributed by atoms with E-state index in [1.54, 1.807) is 97.5 Å². The highest BCUT2D eigenvalue weighted by Gasteiger charge is 2.32. The van der Waals surface area contributed by atoms with E-state index in [9.17, 15) is 58.1 Å². The molecule has 5 aromatic heterocycles. The van der Waals surface area contributed by atoms with Crippen LogP contribution < -0.4 is 38.5 Å². The Hall–Kier alpha value is -15.2. The Morgan fingerprint density at radius 1 is 0.317 bits per heavy atom. The van der Waals surface area contributed by atoms with E-state index in [0.29, 0.717) is 142 Å². The minimum Gasteiger partial charge on any atom is -0.322 e. The van der Waals surface area contributed by atoms with Gasteiger partial charge in [-0.1, -0.05) is 122 Å². The molecule has 0 aliphatic carbocycles. The molecule has 0 radical (unpaired) electrons. The lowest BCUT2D eigenvalue weighted by Gasteiger charge is -2.23. The molecule has 145 heavy (non-hydrogen) atoms. The maximum atomic E-state index is 13.2. The first kappa shape index (κ1) is 101. The number of halogens is 1. The van der Waals surface area contributed by atoms with Crippen molar-refractivity contribution < 1.29 is 52.8 Å². The molecular formula is C113H108ClN15O12S4. The number of aryl methyl sites for hydroxylation is 6. The smallest absolute Gasteiger partial charge is 0.257 e. The number of nitrogens with one attached hydrogen (secondary N) is 4. The summed E-state index contributed by atoms with van der Waals surface area (Å²) in [6.07, 6.45) is 14.7. The van der Waals surface area contributed by atoms with Gasteiger partial charge in [-0.15, -0.1) is 0 Å². The first-order valence-corrected chi connectivity index (χ1v) is 55.0. The number of hydrogen-bond donors (Lipinski definition) is 4. The van der Waals surface area contributed by atoms with Gasteiger partial charge in [0.2, 0.25) is 40.1 Å². The summed E-state index contributed by atoms with van der Waals surface area (Å²) in [5.41, 5.74) is 20.8. The second-order valence-electron chi connectivity index (χ2n) is 36.5. The van der Waals surface area contributed by atoms with Crippen LogP contribution in [0, 0.1) is 52.9 Å². The summed E-state index contributed by atoms with van der Waals surface area (Å²) in [7, 11) is -13.5. The van der Waals surface area contributed by atoms with Crippen molar-refractivity contribution in [2.24, 2.45) is 0 Å². The van der Waals surface area contributed by atoms with Gasteiger partial charge >= 0.3 is 0 Å². The molecular weight excluding hydrogens is 1920 g/mol. The fourth-order valence-electron chi connectivity index (χ4n) is 18.4. The van der Waals surface area contributed by atoms with Crippen molar-refractivity contribution in [1.29, 1.82) is 5.26 Å². The van der Waals surface area contributed by atoms with Crippen molar-refractivity contribution in [3.05, 3.63) is 346 Å². The Bertz CT molecular complexity index is 7710. The summed E-state index contributed by atoms with van der Waals surface area (Å²) in [6.45, 7) is 13.2. The van der Waals surface area contributed by atoms with Gasteiger partial charge in [-0.3, -0.25) is 46.4 Å². The average Bonchev–Trinajstić information content (AvgIpc) is 1.70. The lowest BCUT2D eigenvalue weighted by Crippen LogP contribution is -2.32. The van der Waals surface area contributed by atoms with Gasteiger partial charge in [-0.2, -0.15) is 5.26 Å². The zero-order valence-electron chi connectivity index (χ0n) is 81.0. The Morgan fingerprint density at radius 3 is 1.21 bits per heavy atom. The highest BCUT2D eigenvalue weighted by molar-refractivity contribution is 7.93. The Morgan fingerprint density at radius 2 is 0.710 bits per heavy atom. The average molecular weight is 2030 g/mol. The van der Waals surface area contributed by atoms with Crippen LogP contribution in [0.3, 0.4) is 0 Å². The number of amides is 4. The van der Waals surface area contributed by atoms with E-state index in [1.807, 2.05) is 205 Å². The molecule has 4 aliphatic rings. The molecule has 9 heterocycles. The number of fused-ring (bicyclic) bond motifs is 4. The Balaban J connectivity index is 0.000000132. The van der Waals surface area contributed by atoms with Crippen LogP contribution in [0.5, 0.6) is 0 Å². The van der Waals surface area contributed by atoms with Gasteiger partial charge in [0.15, 0.2) is 5.82 Å². The van der Waals surface area contributed by atoms with E-state index in [2.05, 4.69) is 53.3 Å². The van der Waals surface area contributed by atoms with Crippen LogP contribution in [-0.2, 0) is 40.1 Å². The molecule has 0 unspecified atom stereocenters. The third kappa shape index (κ3) is 23.7. The van der Waals surface area contributed by atoms with E-state index in [-0.39, 0.29) is 51.9 Å². The molecule has 4 N–H and O–H groups in total. The van der Waals surface area contributed by atoms with Crippen LogP contribution in [0.25, 0.3) is 88.8 Å². The maximum Gasteiger partial charge on any atom is 0.257 e. The van der Waals surface area contributed by atoms with Crippen LogP contribution in [0.2, 0.25) is 5.02 Å². The molecule has 4 aliphatic heterocycles. The molecule has 738 valence electrons. The Labute approximate surface area is 849 Å². The summed E-state index contributed by atoms with van der Waals surface area (Å²) in [4.78, 5) is 80.2. The zero-order chi connectivity index (χ0) is 102. The van der Waals surface area contributed by atoms with Gasteiger partial charge in [0.05, 0.1) is 101 Å². The molecule has 0 bridgehead atoms. The molecule has 4 amide bonds. The summed E-state index contributed by atoms with van der Waals surface area (Å²) < 4.78 is 107. The number of nitrogens with zero attached hydrogens (tertiary/aromatic N) is 11. The number of hydrogen-bond acceptors (Lipinski definition) is 19. The highest BCUT2D eigenvalue weighted by atomic mass is 35.5. The number of benzene rings is 11. The van der Waals surface area contributed by atoms with Crippen LogP contribution in [-0.4, -0.2) is 136 Å². The molecule has 27 nitrogen and oxygen atoms in total. The number of nitriles is 1. The van der Waals surface area contributed by atoms with Crippen molar-refractivity contribution in [2.45, 2.75) is 119 Å². The van der Waals surface area contributed by atoms with Crippen LogP contribution >= 0.6 is 11.6 Å². The second-order valence-corrected chi connectivity index (χ2v) is 45.0. The monoisotopic (exact) mass is 2030 g/mol. The van der Waals surface area contributed by atoms with Crippen LogP contribution in [0.4, 0.5) is 45.5 Å². The summed E-state index contributed by atoms with van der Waals surface area (Å²) in [6, 6.07) is 81.8. The Kier molecular flexibility index (Phi) is 31.0. The zero-order valence-corrected chi connectivity index (χ0v) is 85.1. The van der Waals surface area contributed by atoms with Crippen LogP contribution in [0.1, 0.15) is 157 Å². The second kappa shape index (κ2) is 44.3. The predicted octanol–water partition coefficient (Wildman–Crippen LogP) is 23.1. The first-order chi connectivity index (χ1) is 69.8. The molecule has 4 saturated heterocycles. The largest absolute Gasteiger partial charge is 0.322 e. The maximum absolute atomic E-state index is 13.2. The number of aromatic nitrogens is 6. The van der Waals surface area contributed by atoms with Crippen molar-refractivity contribution in [3.63, 3.8) is 0 Å². The molecule has 0 saturated carbocycles. The normalized spacial score (nSPS) is 15.4. The lowest BCUT2D eigenvalue weighted by molar-refractivity contribution is 0.101. The minimum absolute atomic E-state index is 0.0818. The van der Waals surface area contributed by atoms with Gasteiger partial charge in [0.1, 0.15) is 6.07 Å². The van der Waals surface area contributed by atoms with Gasteiger partial charge in [0, 0.05) is 123 Å². The van der Waals surface area contributed by atoms with Gasteiger partial charge in [-0.05, 0) is 308 Å². The van der Waals surface area contributed by atoms with E-state index in [0.717, 1.165) is 151 Å². The highest BCUT2D eigenvalue weighted by Crippen LogP contribution is 2.39. The number of carbonyl (C=O) groups is 4. The van der Waals surface area contributed by atoms with E-state index < -0.39 is 46.0 Å². The summed E-state index contributed by atoms with van der Waals surface area (Å²) in [5.74, 6) is -0.0771. The van der Waals surface area contributed by atoms with Crippen molar-refractivity contribution in [3.8, 4) is 51.2 Å². The number of sulfonamides is 4. The fraction of sp³-hybridized carbons (Fsp3) is 0.230. The third-order valence-corrected chi connectivity index (χ3v) is 34.1. The van der Waals surface area contributed by atoms with Crippen molar-refractivity contribution >= 4 is 164 Å². The standard InChI is InChI=1S/C29H26N4O3S.C29H29N3O3S.C28H28N4O3S.C27H25ClN4O3S/c1-20-9-10-23(18-27(20)28-25-8-4-3-7-21(25)13-14-31-28)32-29(34)26-12-11-24(17-22(26)19-30)33-15-5-2-6-16-37(33,35)36;1-20-10-12-23(19-26(20)28-15-11-22-8-4-5-9-27(22)31-28)30-29(33)25-14-13-24(18-21(25)2)32-16-6-3-7-17-36(32,34)35;1-19-10-11-22(17-25(19)27-29-18-21-8-4-5-9-26(21)31-27)30-28(33)24-13-12-23(16-20(24)2)32-14-6-3-7-15-36(32,34)35;1-18-16-20(32-14-3-2-4-15-36(32,34)35)8-9-21(18)27(33)30-19-7-10-23(28)22(17-19)24-11-12-25-26(31-24)6-5-13-29-25/h3-4,7-14,17-18H,2,5-6,15-16H2,1H3,(H,32,34);4-5,8-15,18-19H,3,6-7,16-17H2,1-2H3,(H,30,33);4-5,8-13,16-18H,3,6-7,14-15H2,1-2H3,(H,30,33);5-13,16-17H,2-4,14-15H2,1H3,(H,30,33). The lowest BCUT2D eigenvalue weighted by atomic mass is 9.99. The number of anilines is 8. The molecule has 16 aromatic rings. The SMILES string of the molecule is Cc1cc(N2CCCCCS2(=O)=O)ccc1C(=O)Nc1ccc(C)c(-c2ccc3ccccc3n2)c1.Cc1cc(N2CCCCCS2(=O)=O)ccc1C(=O)Nc1ccc(C)c(-c2ncc3ccccc3n2)c1.Cc1cc(N2CCCCCS2(=O)=O)ccc1C(=O)Nc1ccc(Cl)c(-c2ccc3ncccc3n2)c1.Cc1ccc(NC(=O)c2ccc(N3CCCCCS3(=O)=O)cc2C#N)cc1-c1nccc2ccccc12. The number of rotatable bonds is 16. The quantitative estimate of drug-likeness (QED) is 0.0698. The number of para-hydroxylation sites is 2. The summed E-state index contributed by atoms with van der Waals surface area (Å²) >= 11 is 6.46. The minimum atomic E-state index is -3.45. The topological polar surface area (TPSA) is 367 Å². The predicted molar refractivity (Wildman–Crippen MR) is 580 cm³/mol. The fourth-order valence-corrected chi connectivity index (χ4v) is 25.1. The molecule has 11 aromatic carbocycles. The van der Waals surface area contributed by atoms with Crippen LogP contribution in [0.15, 0.2) is 279 Å². The van der Waals surface area contributed by atoms with Gasteiger partial charge < -0.3 is 21.3 Å². The van der Waals surface area contributed by atoms with Crippen molar-refractivity contribution in [2.75, 3.05) is 87.7 Å². The number of carbonyl (C=O) groups excluding carboxylic acids is 4. The van der Waals surface area contributed by atoms with Crippen molar-refractivity contribution in [1.82, 2.24) is 29.9 Å². The van der Waals surface area contributed by atoms with E-state index in [4.69, 9.17) is 21.6 Å². The van der Waals surface area contributed by atoms with E-state index >= 15 is 0 Å². The van der Waals surface area contributed by atoms with E-state index in [1.165, 1.54) is 29.4 Å². The molecule has 0 atom stereocenters. The molecule has 20 rings (SSSR count). The van der Waals surface area contributed by atoms with Gasteiger partial charge in [-0.25, -0.2) is 53.6 Å². The van der Waals surface area contributed by atoms with Gasteiger partial charge in [0.25, 0.3) is 23.6 Å². The third-order valence-electron chi connectivity index (χ3n) is 26.3. The number of pyridine rings is 4. The molecule has 32 heteroatoms. The molecule has 4 fully saturated rings. The first-order valence-electron chi connectivity index (χ1n) is 48.2.